The summed E-state index contributed by atoms with van der Waals surface area (Å²) >= 11 is 0. The lowest BCUT2D eigenvalue weighted by molar-refractivity contribution is 0.125. The number of hydrogen-bond acceptors (Lipinski definition) is 4. The zero-order valence-electron chi connectivity index (χ0n) is 12.1. The first-order valence-corrected chi connectivity index (χ1v) is 6.95. The van der Waals surface area contributed by atoms with Gasteiger partial charge in [-0.15, -0.1) is 0 Å². The topological polar surface area (TPSA) is 73.6 Å². The van der Waals surface area contributed by atoms with Gasteiger partial charge >= 0.3 is 0 Å². The lowest BCUT2D eigenvalue weighted by Crippen LogP contribution is -2.13. The molecule has 0 aliphatic rings. The lowest BCUT2D eigenvalue weighted by Gasteiger charge is -2.00. The highest BCUT2D eigenvalue weighted by Crippen LogP contribution is 2.20. The Hall–Kier alpha value is -3.15. The number of nitrogens with zero attached hydrogens (tertiary/aromatic N) is 2. The minimum atomic E-state index is -0.335. The van der Waals surface area contributed by atoms with Crippen molar-refractivity contribution in [2.45, 2.75) is 6.61 Å². The van der Waals surface area contributed by atoms with Crippen LogP contribution >= 0.6 is 0 Å². The maximum atomic E-state index is 12.8. The first-order chi connectivity index (χ1) is 11.2. The quantitative estimate of drug-likeness (QED) is 0.445. The van der Waals surface area contributed by atoms with Gasteiger partial charge < -0.3 is 15.1 Å². The zero-order chi connectivity index (χ0) is 16.1. The Morgan fingerprint density at radius 2 is 1.87 bits per heavy atom. The van der Waals surface area contributed by atoms with Crippen molar-refractivity contribution in [2.24, 2.45) is 10.9 Å². The van der Waals surface area contributed by atoms with Crippen molar-refractivity contribution in [3.63, 3.8) is 0 Å². The monoisotopic (exact) mass is 311 g/mol. The molecule has 0 atom stereocenters. The van der Waals surface area contributed by atoms with E-state index in [1.54, 1.807) is 6.07 Å². The van der Waals surface area contributed by atoms with E-state index < -0.39 is 0 Å². The van der Waals surface area contributed by atoms with Gasteiger partial charge in [0.15, 0.2) is 18.2 Å². The third kappa shape index (κ3) is 3.74. The number of oxime groups is 1. The molecule has 0 saturated carbocycles. The second-order valence-corrected chi connectivity index (χ2v) is 4.81. The van der Waals surface area contributed by atoms with Crippen LogP contribution in [0.4, 0.5) is 4.39 Å². The SMILES string of the molecule is N/C(=N\OCc1cc(-c2ccccc2)on1)c1ccc(F)cc1. The fourth-order valence-electron chi connectivity index (χ4n) is 1.96. The minimum absolute atomic E-state index is 0.123. The van der Waals surface area contributed by atoms with Gasteiger partial charge in [0.2, 0.25) is 0 Å². The molecule has 0 aliphatic heterocycles. The van der Waals surface area contributed by atoms with Gasteiger partial charge in [0.1, 0.15) is 11.5 Å². The smallest absolute Gasteiger partial charge is 0.170 e. The third-order valence-electron chi connectivity index (χ3n) is 3.13. The normalized spacial score (nSPS) is 11.4. The molecule has 2 N–H and O–H groups in total. The Kier molecular flexibility index (Phi) is 4.33. The number of amidine groups is 1. The van der Waals surface area contributed by atoms with Crippen molar-refractivity contribution in [3.05, 3.63) is 77.7 Å². The van der Waals surface area contributed by atoms with E-state index >= 15 is 0 Å². The predicted octanol–water partition coefficient (Wildman–Crippen LogP) is 3.32. The summed E-state index contributed by atoms with van der Waals surface area (Å²) in [6, 6.07) is 17.1. The molecule has 6 heteroatoms. The second-order valence-electron chi connectivity index (χ2n) is 4.81. The minimum Gasteiger partial charge on any atom is -0.387 e. The van der Waals surface area contributed by atoms with Gasteiger partial charge in [-0.2, -0.15) is 0 Å². The van der Waals surface area contributed by atoms with Gasteiger partial charge in [-0.25, -0.2) is 4.39 Å². The van der Waals surface area contributed by atoms with Crippen LogP contribution in [0.2, 0.25) is 0 Å². The van der Waals surface area contributed by atoms with Crippen LogP contribution in [0, 0.1) is 5.82 Å². The first kappa shape index (κ1) is 14.8. The van der Waals surface area contributed by atoms with Gasteiger partial charge in [0.25, 0.3) is 0 Å². The summed E-state index contributed by atoms with van der Waals surface area (Å²) < 4.78 is 18.1. The molecular formula is C17H14FN3O2. The summed E-state index contributed by atoms with van der Waals surface area (Å²) in [5, 5.41) is 7.71. The number of halogens is 1. The molecule has 0 saturated heterocycles. The van der Waals surface area contributed by atoms with Crippen LogP contribution < -0.4 is 5.73 Å². The molecule has 2 aromatic carbocycles. The Morgan fingerprint density at radius 3 is 2.61 bits per heavy atom. The summed E-state index contributed by atoms with van der Waals surface area (Å²) in [5.74, 6) is 0.481. The molecule has 0 unspecified atom stereocenters. The molecule has 0 radical (unpaired) electrons. The summed E-state index contributed by atoms with van der Waals surface area (Å²) in [7, 11) is 0. The van der Waals surface area contributed by atoms with Crippen LogP contribution in [-0.2, 0) is 11.4 Å². The maximum Gasteiger partial charge on any atom is 0.170 e. The highest BCUT2D eigenvalue weighted by atomic mass is 19.1. The van der Waals surface area contributed by atoms with Crippen LogP contribution in [0.3, 0.4) is 0 Å². The van der Waals surface area contributed by atoms with E-state index in [0.717, 1.165) is 5.56 Å². The third-order valence-corrected chi connectivity index (χ3v) is 3.13. The number of hydrogen-bond donors (Lipinski definition) is 1. The van der Waals surface area contributed by atoms with Gasteiger partial charge in [-0.3, -0.25) is 0 Å². The number of benzene rings is 2. The summed E-state index contributed by atoms with van der Waals surface area (Å²) in [6.45, 7) is 0.123. The molecule has 0 fully saturated rings. The van der Waals surface area contributed by atoms with E-state index in [-0.39, 0.29) is 18.3 Å². The van der Waals surface area contributed by atoms with Crippen LogP contribution in [0.25, 0.3) is 11.3 Å². The van der Waals surface area contributed by atoms with Crippen molar-refractivity contribution in [1.29, 1.82) is 0 Å². The van der Waals surface area contributed by atoms with Gasteiger partial charge in [-0.05, 0) is 24.3 Å². The standard InChI is InChI=1S/C17H14FN3O2/c18-14-8-6-13(7-9-14)17(19)21-22-11-15-10-16(23-20-15)12-4-2-1-3-5-12/h1-10H,11H2,(H2,19,21). The molecule has 1 heterocycles. The van der Waals surface area contributed by atoms with Crippen molar-refractivity contribution in [1.82, 2.24) is 5.16 Å². The molecule has 0 aliphatic carbocycles. The van der Waals surface area contributed by atoms with Crippen LogP contribution in [-0.4, -0.2) is 11.0 Å². The lowest BCUT2D eigenvalue weighted by atomic mass is 10.2. The largest absolute Gasteiger partial charge is 0.387 e. The highest BCUT2D eigenvalue weighted by Gasteiger charge is 2.07. The predicted molar refractivity (Wildman–Crippen MR) is 83.9 cm³/mol. The molecule has 0 bridgehead atoms. The first-order valence-electron chi connectivity index (χ1n) is 6.95. The Morgan fingerprint density at radius 1 is 1.13 bits per heavy atom. The molecule has 116 valence electrons. The second kappa shape index (κ2) is 6.74. The van der Waals surface area contributed by atoms with Gasteiger partial charge in [0.05, 0.1) is 0 Å². The van der Waals surface area contributed by atoms with E-state index in [2.05, 4.69) is 10.3 Å². The van der Waals surface area contributed by atoms with Crippen LogP contribution in [0.1, 0.15) is 11.3 Å². The maximum absolute atomic E-state index is 12.8. The fourth-order valence-corrected chi connectivity index (χ4v) is 1.96. The molecule has 23 heavy (non-hydrogen) atoms. The number of rotatable bonds is 5. The van der Waals surface area contributed by atoms with E-state index in [0.29, 0.717) is 17.0 Å². The molecule has 0 amide bonds. The van der Waals surface area contributed by atoms with Crippen LogP contribution in [0.5, 0.6) is 0 Å². The van der Waals surface area contributed by atoms with E-state index in [1.807, 2.05) is 30.3 Å². The van der Waals surface area contributed by atoms with Crippen molar-refractivity contribution in [2.75, 3.05) is 0 Å². The molecular weight excluding hydrogens is 297 g/mol. The highest BCUT2D eigenvalue weighted by molar-refractivity contribution is 5.96. The van der Waals surface area contributed by atoms with E-state index in [9.17, 15) is 4.39 Å². The Bertz CT molecular complexity index is 798. The van der Waals surface area contributed by atoms with Gasteiger partial charge in [0, 0.05) is 17.2 Å². The van der Waals surface area contributed by atoms with Crippen LogP contribution in [0.15, 0.2) is 70.3 Å². The summed E-state index contributed by atoms with van der Waals surface area (Å²) in [5.41, 5.74) is 7.87. The molecule has 5 nitrogen and oxygen atoms in total. The zero-order valence-corrected chi connectivity index (χ0v) is 12.1. The van der Waals surface area contributed by atoms with E-state index in [4.69, 9.17) is 15.1 Å². The molecule has 3 rings (SSSR count). The number of aromatic nitrogens is 1. The number of nitrogens with two attached hydrogens (primary N) is 1. The van der Waals surface area contributed by atoms with Crippen molar-refractivity contribution < 1.29 is 13.8 Å². The average Bonchev–Trinajstić information content (AvgIpc) is 3.05. The Labute approximate surface area is 132 Å². The average molecular weight is 311 g/mol. The molecule has 1 aromatic heterocycles. The fraction of sp³-hybridized carbons (Fsp3) is 0.0588. The Balaban J connectivity index is 1.61. The van der Waals surface area contributed by atoms with E-state index in [1.165, 1.54) is 24.3 Å². The summed E-state index contributed by atoms with van der Waals surface area (Å²) in [6.07, 6.45) is 0. The summed E-state index contributed by atoms with van der Waals surface area (Å²) in [4.78, 5) is 5.16. The van der Waals surface area contributed by atoms with Gasteiger partial charge in [-0.1, -0.05) is 40.6 Å². The van der Waals surface area contributed by atoms with Crippen molar-refractivity contribution in [3.8, 4) is 11.3 Å². The molecule has 0 spiro atoms. The van der Waals surface area contributed by atoms with Crippen molar-refractivity contribution >= 4 is 5.84 Å². The molecule has 3 aromatic rings.